The Labute approximate surface area is 157 Å². The minimum atomic E-state index is -3.71. The Hall–Kier alpha value is -3.04. The van der Waals surface area contributed by atoms with Gasteiger partial charge in [0.05, 0.1) is 10.9 Å². The topological polar surface area (TPSA) is 105 Å². The van der Waals surface area contributed by atoms with E-state index in [1.54, 1.807) is 17.4 Å². The molecule has 0 aliphatic heterocycles. The van der Waals surface area contributed by atoms with Gasteiger partial charge in [0, 0.05) is 18.3 Å². The lowest BCUT2D eigenvalue weighted by Gasteiger charge is -2.13. The first-order chi connectivity index (χ1) is 12.9. The number of hydrogen-bond donors (Lipinski definition) is 2. The molecule has 1 aromatic carbocycles. The fourth-order valence-electron chi connectivity index (χ4n) is 2.56. The second-order valence-corrected chi connectivity index (χ2v) is 7.62. The van der Waals surface area contributed by atoms with Crippen LogP contribution in [0.2, 0.25) is 0 Å². The number of rotatable bonds is 7. The highest BCUT2D eigenvalue weighted by Crippen LogP contribution is 2.15. The van der Waals surface area contributed by atoms with Crippen LogP contribution in [0.5, 0.6) is 0 Å². The van der Waals surface area contributed by atoms with E-state index in [2.05, 4.69) is 26.8 Å². The average molecular weight is 385 g/mol. The molecule has 2 aromatic heterocycles. The molecular weight excluding hydrogens is 366 g/mol. The summed E-state index contributed by atoms with van der Waals surface area (Å²) in [6.45, 7) is 5.37. The number of hydrogen-bond acceptors (Lipinski definition) is 5. The van der Waals surface area contributed by atoms with Gasteiger partial charge in [-0.25, -0.2) is 13.1 Å². The van der Waals surface area contributed by atoms with Crippen molar-refractivity contribution >= 4 is 21.6 Å². The van der Waals surface area contributed by atoms with Crippen LogP contribution in [-0.2, 0) is 10.0 Å². The number of nitrogens with one attached hydrogen (secondary N) is 2. The highest BCUT2D eigenvalue weighted by atomic mass is 32.2. The highest BCUT2D eigenvalue weighted by Gasteiger charge is 2.19. The lowest BCUT2D eigenvalue weighted by atomic mass is 10.2. The van der Waals surface area contributed by atoms with E-state index in [9.17, 15) is 13.2 Å². The summed E-state index contributed by atoms with van der Waals surface area (Å²) in [4.78, 5) is 12.6. The van der Waals surface area contributed by atoms with Crippen LogP contribution < -0.4 is 10.0 Å². The maximum absolute atomic E-state index is 12.6. The quantitative estimate of drug-likeness (QED) is 0.602. The molecule has 140 valence electrons. The van der Waals surface area contributed by atoms with Crippen molar-refractivity contribution in [2.24, 2.45) is 0 Å². The second-order valence-electron chi connectivity index (χ2n) is 5.85. The second kappa shape index (κ2) is 7.68. The zero-order valence-electron chi connectivity index (χ0n) is 14.7. The third kappa shape index (κ3) is 4.04. The Morgan fingerprint density at radius 1 is 1.26 bits per heavy atom. The van der Waals surface area contributed by atoms with Crippen molar-refractivity contribution in [1.29, 1.82) is 0 Å². The van der Waals surface area contributed by atoms with E-state index in [0.29, 0.717) is 11.5 Å². The van der Waals surface area contributed by atoms with Gasteiger partial charge >= 0.3 is 0 Å². The fourth-order valence-corrected chi connectivity index (χ4v) is 3.60. The molecule has 9 heteroatoms. The highest BCUT2D eigenvalue weighted by molar-refractivity contribution is 7.89. The molecule has 27 heavy (non-hydrogen) atoms. The Kier molecular flexibility index (Phi) is 5.33. The molecule has 0 aliphatic rings. The summed E-state index contributed by atoms with van der Waals surface area (Å²) in [6, 6.07) is 10.9. The zero-order chi connectivity index (χ0) is 19.4. The van der Waals surface area contributed by atoms with Crippen LogP contribution in [0.4, 0.5) is 0 Å². The standard InChI is InChI=1S/C18H19N5O3S/c1-3-10-19-27(25,26)15-8-6-7-14(12-15)18(24)20-13(2)17-22-21-16-9-4-5-11-23(16)17/h3-9,11-13,19H,1,10H2,2H3,(H,20,24). The smallest absolute Gasteiger partial charge is 0.251 e. The molecule has 8 nitrogen and oxygen atoms in total. The van der Waals surface area contributed by atoms with Gasteiger partial charge in [-0.05, 0) is 37.3 Å². The number of fused-ring (bicyclic) bond motifs is 1. The minimum Gasteiger partial charge on any atom is -0.342 e. The summed E-state index contributed by atoms with van der Waals surface area (Å²) in [6.07, 6.45) is 3.25. The number of carbonyl (C=O) groups excluding carboxylic acids is 1. The van der Waals surface area contributed by atoms with Gasteiger partial charge in [0.25, 0.3) is 5.91 Å². The Bertz CT molecular complexity index is 1090. The van der Waals surface area contributed by atoms with Crippen molar-refractivity contribution in [2.75, 3.05) is 6.54 Å². The van der Waals surface area contributed by atoms with Crippen molar-refractivity contribution in [3.63, 3.8) is 0 Å². The van der Waals surface area contributed by atoms with E-state index < -0.39 is 22.0 Å². The Balaban J connectivity index is 1.80. The predicted octanol–water partition coefficient (Wildman–Crippen LogP) is 1.68. The first-order valence-electron chi connectivity index (χ1n) is 8.23. The summed E-state index contributed by atoms with van der Waals surface area (Å²) in [5.74, 6) is 0.173. The number of nitrogens with zero attached hydrogens (tertiary/aromatic N) is 3. The molecule has 0 spiro atoms. The molecule has 0 bridgehead atoms. The Morgan fingerprint density at radius 3 is 2.85 bits per heavy atom. The van der Waals surface area contributed by atoms with Crippen LogP contribution >= 0.6 is 0 Å². The van der Waals surface area contributed by atoms with E-state index in [1.165, 1.54) is 24.3 Å². The number of benzene rings is 1. The van der Waals surface area contributed by atoms with Gasteiger partial charge in [-0.2, -0.15) is 0 Å². The molecule has 0 radical (unpaired) electrons. The molecule has 1 unspecified atom stereocenters. The molecule has 1 amide bonds. The molecule has 0 fully saturated rings. The number of pyridine rings is 1. The van der Waals surface area contributed by atoms with Crippen LogP contribution in [-0.4, -0.2) is 35.5 Å². The Morgan fingerprint density at radius 2 is 2.07 bits per heavy atom. The van der Waals surface area contributed by atoms with Gasteiger partial charge in [-0.15, -0.1) is 16.8 Å². The molecular formula is C18H19N5O3S. The molecule has 0 saturated heterocycles. The van der Waals surface area contributed by atoms with Gasteiger partial charge < -0.3 is 5.32 Å². The van der Waals surface area contributed by atoms with E-state index in [0.717, 1.165) is 0 Å². The zero-order valence-corrected chi connectivity index (χ0v) is 15.5. The van der Waals surface area contributed by atoms with E-state index in [4.69, 9.17) is 0 Å². The number of sulfonamides is 1. The SMILES string of the molecule is C=CCNS(=O)(=O)c1cccc(C(=O)NC(C)c2nnc3ccccn23)c1. The van der Waals surface area contributed by atoms with Gasteiger partial charge in [-0.3, -0.25) is 9.20 Å². The number of carbonyl (C=O) groups is 1. The van der Waals surface area contributed by atoms with E-state index >= 15 is 0 Å². The van der Waals surface area contributed by atoms with E-state index in [-0.39, 0.29) is 17.0 Å². The maximum atomic E-state index is 12.6. The molecule has 0 aliphatic carbocycles. The van der Waals surface area contributed by atoms with Crippen molar-refractivity contribution in [3.8, 4) is 0 Å². The summed E-state index contributed by atoms with van der Waals surface area (Å²) in [5, 5.41) is 11.0. The summed E-state index contributed by atoms with van der Waals surface area (Å²) in [7, 11) is -3.71. The van der Waals surface area contributed by atoms with Gasteiger partial charge in [-0.1, -0.05) is 18.2 Å². The first kappa shape index (κ1) is 18.7. The largest absolute Gasteiger partial charge is 0.342 e. The lowest BCUT2D eigenvalue weighted by Crippen LogP contribution is -2.28. The normalized spacial score (nSPS) is 12.6. The predicted molar refractivity (Wildman–Crippen MR) is 101 cm³/mol. The molecule has 3 rings (SSSR count). The fraction of sp³-hybridized carbons (Fsp3) is 0.167. The van der Waals surface area contributed by atoms with Gasteiger partial charge in [0.2, 0.25) is 10.0 Å². The lowest BCUT2D eigenvalue weighted by molar-refractivity contribution is 0.0938. The minimum absolute atomic E-state index is 0.0116. The van der Waals surface area contributed by atoms with Gasteiger partial charge in [0.15, 0.2) is 11.5 Å². The first-order valence-corrected chi connectivity index (χ1v) is 9.72. The van der Waals surface area contributed by atoms with Crippen LogP contribution in [0.3, 0.4) is 0 Å². The van der Waals surface area contributed by atoms with Crippen LogP contribution in [0, 0.1) is 0 Å². The monoisotopic (exact) mass is 385 g/mol. The van der Waals surface area contributed by atoms with E-state index in [1.807, 2.05) is 24.4 Å². The summed E-state index contributed by atoms with van der Waals surface area (Å²) < 4.78 is 28.6. The molecule has 2 heterocycles. The van der Waals surface area contributed by atoms with Crippen LogP contribution in [0.15, 0.2) is 66.2 Å². The van der Waals surface area contributed by atoms with Crippen molar-refractivity contribution in [2.45, 2.75) is 17.9 Å². The third-order valence-electron chi connectivity index (χ3n) is 3.90. The molecule has 1 atom stereocenters. The van der Waals surface area contributed by atoms with Crippen LogP contribution in [0.25, 0.3) is 5.65 Å². The molecule has 2 N–H and O–H groups in total. The average Bonchev–Trinajstić information content (AvgIpc) is 3.11. The summed E-state index contributed by atoms with van der Waals surface area (Å²) >= 11 is 0. The van der Waals surface area contributed by atoms with Crippen molar-refractivity contribution in [3.05, 3.63) is 72.7 Å². The van der Waals surface area contributed by atoms with Crippen LogP contribution in [0.1, 0.15) is 29.1 Å². The van der Waals surface area contributed by atoms with Crippen molar-refractivity contribution in [1.82, 2.24) is 24.6 Å². The molecule has 0 saturated carbocycles. The third-order valence-corrected chi connectivity index (χ3v) is 5.32. The number of amides is 1. The summed E-state index contributed by atoms with van der Waals surface area (Å²) in [5.41, 5.74) is 0.909. The number of aromatic nitrogens is 3. The van der Waals surface area contributed by atoms with Crippen molar-refractivity contribution < 1.29 is 13.2 Å². The maximum Gasteiger partial charge on any atom is 0.251 e. The van der Waals surface area contributed by atoms with Gasteiger partial charge in [0.1, 0.15) is 0 Å². The molecule has 3 aromatic rings.